The minimum absolute atomic E-state index is 0. The van der Waals surface area contributed by atoms with Gasteiger partial charge in [-0.25, -0.2) is 40.1 Å². The van der Waals surface area contributed by atoms with Gasteiger partial charge in [-0.2, -0.15) is 13.2 Å². The Morgan fingerprint density at radius 2 is 1.12 bits per heavy atom. The first-order valence-electron chi connectivity index (χ1n) is 19.8. The number of imidazole rings is 2. The molecular formula is C44H68F3N5O10S3. The molecule has 15 nitrogen and oxygen atoms in total. The lowest BCUT2D eigenvalue weighted by molar-refractivity contribution is -0.668. The van der Waals surface area contributed by atoms with E-state index in [0.717, 1.165) is 76.7 Å². The smallest absolute Gasteiger partial charge is 0.495 e. The number of rotatable bonds is 17. The summed E-state index contributed by atoms with van der Waals surface area (Å²) < 4.78 is 119. The van der Waals surface area contributed by atoms with Gasteiger partial charge in [0.2, 0.25) is 20.8 Å². The number of thiocarbonyl (C=S) groups is 1. The van der Waals surface area contributed by atoms with E-state index >= 15 is 0 Å². The molecule has 0 bridgehead atoms. The molecular weight excluding hydrogens is 912 g/mol. The summed E-state index contributed by atoms with van der Waals surface area (Å²) in [5.74, 6) is 0.381. The van der Waals surface area contributed by atoms with Crippen molar-refractivity contribution in [3.8, 4) is 0 Å². The van der Waals surface area contributed by atoms with E-state index in [0.29, 0.717) is 17.6 Å². The molecule has 0 spiro atoms. The molecule has 5 rings (SSSR count). The summed E-state index contributed by atoms with van der Waals surface area (Å²) in [6, 6.07) is 24.2. The molecule has 5 aromatic rings. The number of fused-ring (bicyclic) bond motifs is 2. The predicted molar refractivity (Wildman–Crippen MR) is 248 cm³/mol. The minimum Gasteiger partial charge on any atom is -0.726 e. The minimum atomic E-state index is -4.41. The highest BCUT2D eigenvalue weighted by Gasteiger charge is 2.45. The van der Waals surface area contributed by atoms with Crippen LogP contribution in [0.1, 0.15) is 89.5 Å². The van der Waals surface area contributed by atoms with Gasteiger partial charge >= 0.3 is 12.0 Å². The molecule has 0 saturated heterocycles. The van der Waals surface area contributed by atoms with Crippen molar-refractivity contribution in [2.45, 2.75) is 93.0 Å². The Bertz CT molecular complexity index is 2260. The predicted octanol–water partition coefficient (Wildman–Crippen LogP) is 8.36. The molecule has 2 heterocycles. The average Bonchev–Trinajstić information content (AvgIpc) is 3.62. The number of halogens is 3. The maximum absolute atomic E-state index is 13.2. The Labute approximate surface area is 389 Å². The Hall–Kier alpha value is -4.15. The molecule has 0 aliphatic carbocycles. The van der Waals surface area contributed by atoms with E-state index in [-0.39, 0.29) is 14.9 Å². The lowest BCUT2D eigenvalue weighted by Gasteiger charge is -2.03. The molecule has 3 aromatic carbocycles. The van der Waals surface area contributed by atoms with Crippen molar-refractivity contribution in [2.24, 2.45) is 33.2 Å². The number of hydrogen-bond donors (Lipinski definition) is 0. The van der Waals surface area contributed by atoms with Gasteiger partial charge < -0.3 is 18.6 Å². The highest BCUT2D eigenvalue weighted by Crippen LogP contribution is 2.30. The summed E-state index contributed by atoms with van der Waals surface area (Å²) in [5, 5.41) is 2.37. The van der Waals surface area contributed by atoms with Crippen molar-refractivity contribution in [1.29, 1.82) is 0 Å². The van der Waals surface area contributed by atoms with Crippen LogP contribution in [0, 0.1) is 6.92 Å². The van der Waals surface area contributed by atoms with Crippen molar-refractivity contribution in [2.75, 3.05) is 34.0 Å². The van der Waals surface area contributed by atoms with Crippen molar-refractivity contribution in [1.82, 2.24) is 9.13 Å². The van der Waals surface area contributed by atoms with Crippen LogP contribution in [0.25, 0.3) is 22.1 Å². The van der Waals surface area contributed by atoms with Gasteiger partial charge in [0, 0.05) is 38.8 Å². The van der Waals surface area contributed by atoms with Crippen molar-refractivity contribution in [3.05, 3.63) is 95.6 Å². The monoisotopic (exact) mass is 979 g/mol. The summed E-state index contributed by atoms with van der Waals surface area (Å²) >= 11 is 4.48. The summed E-state index contributed by atoms with van der Waals surface area (Å²) in [5.41, 5.74) is 5.46. The first kappa shape index (κ1) is 62.9. The number of aromatic nitrogens is 4. The summed E-state index contributed by atoms with van der Waals surface area (Å²) in [7, 11) is -0.478. The van der Waals surface area contributed by atoms with Crippen LogP contribution in [0.15, 0.2) is 77.8 Å². The topological polar surface area (TPSA) is 181 Å². The molecule has 368 valence electrons. The molecule has 0 fully saturated rings. The van der Waals surface area contributed by atoms with Gasteiger partial charge in [-0.1, -0.05) is 102 Å². The van der Waals surface area contributed by atoms with E-state index in [1.807, 2.05) is 66.6 Å². The molecule has 0 radical (unpaired) electrons. The van der Waals surface area contributed by atoms with Crippen molar-refractivity contribution >= 4 is 60.2 Å². The molecule has 65 heavy (non-hydrogen) atoms. The fraction of sp³-hybridized carbons (Fsp3) is 0.523. The first-order valence-corrected chi connectivity index (χ1v) is 22.9. The molecule has 0 aliphatic heterocycles. The number of isothiocyanates is 1. The van der Waals surface area contributed by atoms with Gasteiger partial charge in [0.15, 0.2) is 22.1 Å². The highest BCUT2D eigenvalue weighted by atomic mass is 32.3. The van der Waals surface area contributed by atoms with E-state index in [2.05, 4.69) is 74.1 Å². The number of alkyl halides is 3. The quantitative estimate of drug-likeness (QED) is 0.0218. The van der Waals surface area contributed by atoms with Gasteiger partial charge in [0.05, 0.1) is 60.8 Å². The number of hydrogen-bond acceptors (Lipinski definition) is 12. The van der Waals surface area contributed by atoms with Crippen LogP contribution in [0.3, 0.4) is 0 Å². The fourth-order valence-corrected chi connectivity index (χ4v) is 5.90. The third-order valence-corrected chi connectivity index (χ3v) is 10.2. The number of benzene rings is 3. The van der Waals surface area contributed by atoms with Crippen LogP contribution in [0.2, 0.25) is 0 Å². The zero-order valence-electron chi connectivity index (χ0n) is 37.1. The van der Waals surface area contributed by atoms with Crippen LogP contribution < -0.4 is 9.13 Å². The molecule has 0 amide bonds. The average molecular weight is 980 g/mol. The van der Waals surface area contributed by atoms with E-state index in [4.69, 9.17) is 9.47 Å². The Kier molecular flexibility index (Phi) is 31.5. The van der Waals surface area contributed by atoms with Crippen LogP contribution in [0.4, 0.5) is 13.2 Å². The highest BCUT2D eigenvalue weighted by molar-refractivity contribution is 7.81. The number of aliphatic imine (C=N–C) groups is 1. The van der Waals surface area contributed by atoms with Crippen LogP contribution in [0.5, 0.6) is 0 Å². The van der Waals surface area contributed by atoms with Crippen LogP contribution in [-0.4, -0.2) is 74.2 Å². The SMILES string of the molecule is C.C.CCCCCCOCc1ccccc1.COS(=O)(=O)[O-].COS(=O)(=O)[O-].Cc1n(C)c2cc3c(cc2[n+]1C)[n+](C)c(C(F)(F)F)n3C.S=C=NCCCCCOCc1ccccc1. The fourth-order valence-electron chi connectivity index (χ4n) is 5.81. The maximum atomic E-state index is 13.2. The zero-order chi connectivity index (χ0) is 47.6. The van der Waals surface area contributed by atoms with E-state index < -0.39 is 32.8 Å². The number of nitrogens with zero attached hydrogens (tertiary/aromatic N) is 5. The molecule has 0 unspecified atom stereocenters. The van der Waals surface area contributed by atoms with Crippen molar-refractivity contribution in [3.63, 3.8) is 0 Å². The Balaban J connectivity index is 0. The first-order chi connectivity index (χ1) is 29.6. The summed E-state index contributed by atoms with van der Waals surface area (Å²) in [6.45, 7) is 8.18. The molecule has 2 aromatic heterocycles. The third-order valence-electron chi connectivity index (χ3n) is 9.27. The molecule has 0 saturated carbocycles. The van der Waals surface area contributed by atoms with Gasteiger partial charge in [0.25, 0.3) is 5.82 Å². The maximum Gasteiger partial charge on any atom is 0.495 e. The van der Waals surface area contributed by atoms with Gasteiger partial charge in [0.1, 0.15) is 0 Å². The largest absolute Gasteiger partial charge is 0.726 e. The normalized spacial score (nSPS) is 10.9. The van der Waals surface area contributed by atoms with E-state index in [1.165, 1.54) is 60.0 Å². The summed E-state index contributed by atoms with van der Waals surface area (Å²) in [4.78, 5) is 3.86. The second-order valence-corrected chi connectivity index (χ2v) is 16.2. The third kappa shape index (κ3) is 24.8. The van der Waals surface area contributed by atoms with Gasteiger partial charge in [-0.15, -0.1) is 0 Å². The van der Waals surface area contributed by atoms with Crippen LogP contribution >= 0.6 is 12.2 Å². The lowest BCUT2D eigenvalue weighted by atomic mass is 10.2. The molecule has 0 atom stereocenters. The molecule has 0 N–H and O–H groups in total. The van der Waals surface area contributed by atoms with Gasteiger partial charge in [-0.05, 0) is 49.0 Å². The second kappa shape index (κ2) is 32.5. The summed E-state index contributed by atoms with van der Waals surface area (Å²) in [6.07, 6.45) is 4.01. The Morgan fingerprint density at radius 1 is 0.708 bits per heavy atom. The number of ether oxygens (including phenoxy) is 2. The lowest BCUT2D eigenvalue weighted by Crippen LogP contribution is -2.38. The second-order valence-electron chi connectivity index (χ2n) is 13.8. The van der Waals surface area contributed by atoms with Crippen molar-refractivity contribution < 1.29 is 66.1 Å². The van der Waals surface area contributed by atoms with E-state index in [1.54, 1.807) is 0 Å². The Morgan fingerprint density at radius 3 is 1.52 bits per heavy atom. The molecule has 0 aliphatic rings. The number of unbranched alkanes of at least 4 members (excludes halogenated alkanes) is 5. The standard InChI is InChI=1S/C14H17F3N4.C13H17NOS.C13H20O.2CH4O4S.2CH4/c1-8-18(2)9-6-11-12(7-10(9)19(8)3)21(5)13(20(11)4)14(15,16)17;16-12-14-9-5-2-6-10-15-11-13-7-3-1-4-8-13;1-2-3-4-8-11-14-12-13-9-6-5-7-10-13;2*1-5-6(2,3)4;;/h6-7H,1-5H3;1,3-4,7-8H,2,5-6,9-11H2;5-7,9-10H,2-4,8,11-12H2,1H3;2*1H3,(H,2,3,4);2*1H4/q+2;;;;;;/p-2. The van der Waals surface area contributed by atoms with Crippen LogP contribution in [-0.2, 0) is 86.2 Å². The van der Waals surface area contributed by atoms with Gasteiger partial charge in [-0.3, -0.25) is 8.37 Å². The number of aryl methyl sites for hydroxylation is 4. The zero-order valence-corrected chi connectivity index (χ0v) is 39.5. The molecule has 21 heteroatoms. The van der Waals surface area contributed by atoms with E-state index in [9.17, 15) is 39.1 Å².